The maximum atomic E-state index is 5.69. The molecule has 8 N–H and O–H groups in total. The van der Waals surface area contributed by atoms with E-state index in [1.807, 2.05) is 13.8 Å². The minimum absolute atomic E-state index is 0.685. The minimum Gasteiger partial charge on any atom is -0.304 e. The van der Waals surface area contributed by atoms with E-state index in [-0.39, 0.29) is 0 Å². The van der Waals surface area contributed by atoms with Crippen molar-refractivity contribution >= 4 is 21.6 Å². The number of hydrogen-bond acceptors (Lipinski definition) is 6. The molecule has 0 amide bonds. The molecule has 0 aliphatic heterocycles. The van der Waals surface area contributed by atoms with Crippen LogP contribution in [0.5, 0.6) is 0 Å². The summed E-state index contributed by atoms with van der Waals surface area (Å²) in [6.07, 6.45) is 1.37. The van der Waals surface area contributed by atoms with Crippen LogP contribution in [0.25, 0.3) is 0 Å². The molecule has 12 heavy (non-hydrogen) atoms. The second kappa shape index (κ2) is 4.69. The van der Waals surface area contributed by atoms with E-state index in [0.29, 0.717) is 12.8 Å². The van der Waals surface area contributed by atoms with Crippen molar-refractivity contribution in [2.24, 2.45) is 22.9 Å². The van der Waals surface area contributed by atoms with E-state index in [1.165, 1.54) is 21.6 Å². The average Bonchev–Trinajstić information content (AvgIpc) is 2.02. The summed E-state index contributed by atoms with van der Waals surface area (Å²) in [5.41, 5.74) is 22.7. The van der Waals surface area contributed by atoms with Crippen LogP contribution in [0.2, 0.25) is 0 Å². The number of hydrogen-bond donors (Lipinski definition) is 4. The fourth-order valence-corrected chi connectivity index (χ4v) is 2.46. The van der Waals surface area contributed by atoms with Gasteiger partial charge in [0.2, 0.25) is 0 Å². The Labute approximate surface area is 81.6 Å². The Bertz CT molecular complexity index is 122. The lowest BCUT2D eigenvalue weighted by atomic mass is 10.4. The largest absolute Gasteiger partial charge is 0.304 e. The third kappa shape index (κ3) is 5.23. The van der Waals surface area contributed by atoms with Crippen molar-refractivity contribution < 1.29 is 0 Å². The van der Waals surface area contributed by atoms with Gasteiger partial charge < -0.3 is 22.9 Å². The Hall–Kier alpha value is 0.540. The second-order valence-electron chi connectivity index (χ2n) is 2.78. The van der Waals surface area contributed by atoms with Crippen LogP contribution in [0.15, 0.2) is 0 Å². The fraction of sp³-hybridized carbons (Fsp3) is 1.00. The van der Waals surface area contributed by atoms with E-state index in [9.17, 15) is 0 Å². The first-order valence-electron chi connectivity index (χ1n) is 3.85. The monoisotopic (exact) mass is 210 g/mol. The van der Waals surface area contributed by atoms with Gasteiger partial charge in [0.1, 0.15) is 9.99 Å². The average molecular weight is 210 g/mol. The minimum atomic E-state index is -0.732. The summed E-state index contributed by atoms with van der Waals surface area (Å²) in [5, 5.41) is 0. The predicted octanol–water partition coefficient (Wildman–Crippen LogP) is 0.330. The molecule has 0 aliphatic rings. The van der Waals surface area contributed by atoms with Crippen LogP contribution in [0.3, 0.4) is 0 Å². The lowest BCUT2D eigenvalue weighted by Gasteiger charge is -2.27. The van der Waals surface area contributed by atoms with Gasteiger partial charge in [-0.05, 0) is 12.8 Å². The molecule has 0 rings (SSSR count). The molecule has 0 atom stereocenters. The molecule has 0 aromatic heterocycles. The third-order valence-electron chi connectivity index (χ3n) is 1.46. The fourth-order valence-electron chi connectivity index (χ4n) is 0.273. The van der Waals surface area contributed by atoms with Crippen molar-refractivity contribution in [1.29, 1.82) is 0 Å². The maximum Gasteiger partial charge on any atom is 0.122 e. The molecular weight excluding hydrogens is 192 g/mol. The van der Waals surface area contributed by atoms with Crippen LogP contribution in [-0.2, 0) is 0 Å². The van der Waals surface area contributed by atoms with Crippen molar-refractivity contribution in [1.82, 2.24) is 0 Å². The molecule has 74 valence electrons. The summed E-state index contributed by atoms with van der Waals surface area (Å²) in [7, 11) is 2.66. The molecule has 0 aliphatic carbocycles. The van der Waals surface area contributed by atoms with Gasteiger partial charge in [-0.25, -0.2) is 0 Å². The first-order valence-corrected chi connectivity index (χ1v) is 6.00. The molecule has 0 aromatic carbocycles. The zero-order valence-corrected chi connectivity index (χ0v) is 9.17. The molecule has 0 aromatic rings. The first kappa shape index (κ1) is 12.5. The van der Waals surface area contributed by atoms with Crippen LogP contribution in [0.4, 0.5) is 0 Å². The Morgan fingerprint density at radius 1 is 0.833 bits per heavy atom. The Kier molecular flexibility index (Phi) is 4.90. The second-order valence-corrected chi connectivity index (χ2v) is 5.64. The molecule has 0 fully saturated rings. The first-order chi connectivity index (χ1) is 5.33. The van der Waals surface area contributed by atoms with Gasteiger partial charge in [-0.1, -0.05) is 35.4 Å². The highest BCUT2D eigenvalue weighted by Crippen LogP contribution is 2.36. The summed E-state index contributed by atoms with van der Waals surface area (Å²) in [6.45, 7) is 3.85. The molecule has 0 unspecified atom stereocenters. The van der Waals surface area contributed by atoms with Gasteiger partial charge >= 0.3 is 0 Å². The van der Waals surface area contributed by atoms with E-state index in [0.717, 1.165) is 0 Å². The summed E-state index contributed by atoms with van der Waals surface area (Å²) in [6, 6.07) is 0. The van der Waals surface area contributed by atoms with Crippen molar-refractivity contribution in [3.8, 4) is 0 Å². The smallest absolute Gasteiger partial charge is 0.122 e. The van der Waals surface area contributed by atoms with Crippen molar-refractivity contribution in [3.63, 3.8) is 0 Å². The summed E-state index contributed by atoms with van der Waals surface area (Å²) >= 11 is 0. The Balaban J connectivity index is 3.82. The van der Waals surface area contributed by atoms with Crippen LogP contribution < -0.4 is 22.9 Å². The van der Waals surface area contributed by atoms with Crippen molar-refractivity contribution in [3.05, 3.63) is 0 Å². The van der Waals surface area contributed by atoms with E-state index < -0.39 is 9.99 Å². The topological polar surface area (TPSA) is 104 Å². The van der Waals surface area contributed by atoms with Crippen LogP contribution in [-0.4, -0.2) is 9.99 Å². The molecule has 0 radical (unpaired) electrons. The highest BCUT2D eigenvalue weighted by molar-refractivity contribution is 8.77. The van der Waals surface area contributed by atoms with Crippen LogP contribution >= 0.6 is 21.6 Å². The molecule has 0 saturated heterocycles. The molecule has 6 heteroatoms. The number of nitrogens with two attached hydrogens (primary N) is 4. The summed E-state index contributed by atoms with van der Waals surface area (Å²) in [5.74, 6) is 0. The lowest BCUT2D eigenvalue weighted by Crippen LogP contribution is -2.48. The summed E-state index contributed by atoms with van der Waals surface area (Å²) in [4.78, 5) is -1.46. The normalized spacial score (nSPS) is 13.5. The highest BCUT2D eigenvalue weighted by Gasteiger charge is 2.24. The summed E-state index contributed by atoms with van der Waals surface area (Å²) < 4.78 is 0. The van der Waals surface area contributed by atoms with Crippen LogP contribution in [0.1, 0.15) is 26.7 Å². The zero-order chi connectivity index (χ0) is 9.83. The highest BCUT2D eigenvalue weighted by atomic mass is 33.1. The Morgan fingerprint density at radius 2 is 1.08 bits per heavy atom. The van der Waals surface area contributed by atoms with Gasteiger partial charge in [-0.2, -0.15) is 0 Å². The molecule has 0 heterocycles. The predicted molar refractivity (Wildman–Crippen MR) is 58.0 cm³/mol. The van der Waals surface area contributed by atoms with Gasteiger partial charge in [0.15, 0.2) is 0 Å². The number of rotatable bonds is 5. The molecule has 0 bridgehead atoms. The maximum absolute atomic E-state index is 5.69. The molecule has 0 spiro atoms. The van der Waals surface area contributed by atoms with Crippen molar-refractivity contribution in [2.45, 2.75) is 36.7 Å². The van der Waals surface area contributed by atoms with Gasteiger partial charge in [0, 0.05) is 0 Å². The molecule has 4 nitrogen and oxygen atoms in total. The third-order valence-corrected chi connectivity index (χ3v) is 4.85. The van der Waals surface area contributed by atoms with Gasteiger partial charge in [-0.15, -0.1) is 0 Å². The van der Waals surface area contributed by atoms with E-state index >= 15 is 0 Å². The van der Waals surface area contributed by atoms with E-state index in [4.69, 9.17) is 22.9 Å². The zero-order valence-electron chi connectivity index (χ0n) is 7.54. The SMILES string of the molecule is CCC(N)(N)SSC(N)(N)CC. The van der Waals surface area contributed by atoms with E-state index in [1.54, 1.807) is 0 Å². The molecule has 0 saturated carbocycles. The quantitative estimate of drug-likeness (QED) is 0.385. The Morgan fingerprint density at radius 3 is 1.25 bits per heavy atom. The standard InChI is InChI=1S/C6H18N4S2/c1-3-5(7,8)11-12-6(9,10)4-2/h3-4,7-10H2,1-2H3. The van der Waals surface area contributed by atoms with Gasteiger partial charge in [0.25, 0.3) is 0 Å². The van der Waals surface area contributed by atoms with Crippen LogP contribution in [0, 0.1) is 0 Å². The molecular formula is C6H18N4S2. The van der Waals surface area contributed by atoms with E-state index in [2.05, 4.69) is 0 Å². The lowest BCUT2D eigenvalue weighted by molar-refractivity contribution is 0.615. The van der Waals surface area contributed by atoms with Gasteiger partial charge in [0.05, 0.1) is 0 Å². The van der Waals surface area contributed by atoms with Gasteiger partial charge in [-0.3, -0.25) is 0 Å². The van der Waals surface area contributed by atoms with Crippen molar-refractivity contribution in [2.75, 3.05) is 0 Å².